The van der Waals surface area contributed by atoms with Crippen molar-refractivity contribution in [3.8, 4) is 0 Å². The molecule has 18 heavy (non-hydrogen) atoms. The molecule has 0 spiro atoms. The molecule has 0 aromatic carbocycles. The summed E-state index contributed by atoms with van der Waals surface area (Å²) in [5.41, 5.74) is 1.48. The lowest BCUT2D eigenvalue weighted by molar-refractivity contribution is 0.111. The lowest BCUT2D eigenvalue weighted by Gasteiger charge is -2.40. The molecule has 102 valence electrons. The topological polar surface area (TPSA) is 15.3 Å². The molecule has 1 aliphatic rings. The van der Waals surface area contributed by atoms with Crippen LogP contribution in [0.5, 0.6) is 0 Å². The summed E-state index contributed by atoms with van der Waals surface area (Å²) in [7, 11) is 0. The maximum absolute atomic E-state index is 3.72. The zero-order valence-corrected chi connectivity index (χ0v) is 12.7. The van der Waals surface area contributed by atoms with Gasteiger partial charge in [-0.25, -0.2) is 0 Å². The van der Waals surface area contributed by atoms with Gasteiger partial charge in [-0.05, 0) is 41.1 Å². The molecule has 2 nitrogen and oxygen atoms in total. The molecule has 0 bridgehead atoms. The minimum Gasteiger partial charge on any atom is -0.311 e. The summed E-state index contributed by atoms with van der Waals surface area (Å²) < 4.78 is 0. The van der Waals surface area contributed by atoms with Gasteiger partial charge in [-0.1, -0.05) is 20.8 Å². The highest BCUT2D eigenvalue weighted by atomic mass is 32.1. The maximum atomic E-state index is 3.72. The van der Waals surface area contributed by atoms with Crippen LogP contribution in [-0.2, 0) is 6.54 Å². The Bertz CT molecular complexity index is 334. The van der Waals surface area contributed by atoms with E-state index in [0.717, 1.165) is 19.0 Å². The fraction of sp³-hybridized carbons (Fsp3) is 0.733. The fourth-order valence-corrected chi connectivity index (χ4v) is 3.53. The van der Waals surface area contributed by atoms with Gasteiger partial charge in [0.25, 0.3) is 0 Å². The summed E-state index contributed by atoms with van der Waals surface area (Å²) in [6, 6.07) is 3.64. The molecule has 2 atom stereocenters. The van der Waals surface area contributed by atoms with Crippen molar-refractivity contribution in [3.05, 3.63) is 22.4 Å². The van der Waals surface area contributed by atoms with E-state index >= 15 is 0 Å². The zero-order valence-electron chi connectivity index (χ0n) is 11.9. The second kappa shape index (κ2) is 6.69. The Morgan fingerprint density at radius 1 is 1.50 bits per heavy atom. The minimum atomic E-state index is 0.673. The Hall–Kier alpha value is -0.380. The van der Waals surface area contributed by atoms with Crippen molar-refractivity contribution < 1.29 is 0 Å². The second-order valence-corrected chi connectivity index (χ2v) is 6.64. The smallest absolute Gasteiger partial charge is 0.0246 e. The molecule has 1 saturated heterocycles. The van der Waals surface area contributed by atoms with Crippen molar-refractivity contribution in [3.63, 3.8) is 0 Å². The van der Waals surface area contributed by atoms with E-state index < -0.39 is 0 Å². The van der Waals surface area contributed by atoms with Crippen LogP contribution in [0.3, 0.4) is 0 Å². The molecule has 1 aliphatic heterocycles. The highest BCUT2D eigenvalue weighted by Gasteiger charge is 2.26. The lowest BCUT2D eigenvalue weighted by Crippen LogP contribution is -2.56. The molecule has 2 heterocycles. The van der Waals surface area contributed by atoms with E-state index in [-0.39, 0.29) is 0 Å². The predicted molar refractivity (Wildman–Crippen MR) is 80.1 cm³/mol. The van der Waals surface area contributed by atoms with Gasteiger partial charge >= 0.3 is 0 Å². The number of hydrogen-bond acceptors (Lipinski definition) is 3. The van der Waals surface area contributed by atoms with E-state index in [2.05, 4.69) is 47.8 Å². The van der Waals surface area contributed by atoms with E-state index in [0.29, 0.717) is 12.1 Å². The van der Waals surface area contributed by atoms with Gasteiger partial charge in [-0.15, -0.1) is 0 Å². The van der Waals surface area contributed by atoms with Gasteiger partial charge in [0.05, 0.1) is 0 Å². The summed E-state index contributed by atoms with van der Waals surface area (Å²) >= 11 is 1.81. The molecular formula is C15H26N2S. The van der Waals surface area contributed by atoms with E-state index in [1.54, 1.807) is 11.3 Å². The zero-order chi connectivity index (χ0) is 13.0. The van der Waals surface area contributed by atoms with Crippen LogP contribution in [0.1, 0.15) is 39.2 Å². The minimum absolute atomic E-state index is 0.673. The van der Waals surface area contributed by atoms with Crippen LogP contribution in [-0.4, -0.2) is 30.1 Å². The predicted octanol–water partition coefficient (Wildman–Crippen LogP) is 3.35. The van der Waals surface area contributed by atoms with Crippen LogP contribution in [0.25, 0.3) is 0 Å². The van der Waals surface area contributed by atoms with Crippen LogP contribution in [0.2, 0.25) is 0 Å². The third-order valence-corrected chi connectivity index (χ3v) is 4.54. The Balaban J connectivity index is 1.94. The third kappa shape index (κ3) is 3.81. The van der Waals surface area contributed by atoms with Crippen LogP contribution < -0.4 is 5.32 Å². The van der Waals surface area contributed by atoms with Crippen LogP contribution >= 0.6 is 11.3 Å². The van der Waals surface area contributed by atoms with Crippen LogP contribution in [0, 0.1) is 5.92 Å². The van der Waals surface area contributed by atoms with E-state index in [9.17, 15) is 0 Å². The van der Waals surface area contributed by atoms with Gasteiger partial charge in [0.15, 0.2) is 0 Å². The summed E-state index contributed by atoms with van der Waals surface area (Å²) in [5, 5.41) is 8.19. The summed E-state index contributed by atoms with van der Waals surface area (Å²) in [5.74, 6) is 0.781. The fourth-order valence-electron chi connectivity index (χ4n) is 2.87. The van der Waals surface area contributed by atoms with Crippen molar-refractivity contribution in [2.75, 3.05) is 13.1 Å². The second-order valence-electron chi connectivity index (χ2n) is 5.86. The van der Waals surface area contributed by atoms with E-state index in [1.165, 1.54) is 24.9 Å². The van der Waals surface area contributed by atoms with E-state index in [1.807, 2.05) is 0 Å². The number of nitrogens with zero attached hydrogens (tertiary/aromatic N) is 1. The molecule has 0 aliphatic carbocycles. The maximum Gasteiger partial charge on any atom is 0.0246 e. The van der Waals surface area contributed by atoms with Crippen LogP contribution in [0.15, 0.2) is 16.8 Å². The Morgan fingerprint density at radius 3 is 2.94 bits per heavy atom. The Labute approximate surface area is 115 Å². The van der Waals surface area contributed by atoms with Crippen molar-refractivity contribution in [2.24, 2.45) is 5.92 Å². The standard InChI is InChI=1S/C15H26N2S/c1-4-15-8-16-14(7-12(2)3)10-17(15)9-13-5-6-18-11-13/h5-6,11-12,14-16H,4,7-10H2,1-3H3. The molecule has 1 N–H and O–H groups in total. The largest absolute Gasteiger partial charge is 0.311 e. The highest BCUT2D eigenvalue weighted by molar-refractivity contribution is 7.07. The molecule has 2 unspecified atom stereocenters. The van der Waals surface area contributed by atoms with Crippen molar-refractivity contribution in [2.45, 2.75) is 52.2 Å². The lowest BCUT2D eigenvalue weighted by atomic mass is 9.98. The average molecular weight is 266 g/mol. The first kappa shape index (κ1) is 14.0. The number of nitrogens with one attached hydrogen (secondary N) is 1. The summed E-state index contributed by atoms with van der Waals surface area (Å²) in [6.07, 6.45) is 2.53. The highest BCUT2D eigenvalue weighted by Crippen LogP contribution is 2.19. The normalized spacial score (nSPS) is 25.8. The summed E-state index contributed by atoms with van der Waals surface area (Å²) in [6.45, 7) is 10.4. The molecule has 0 radical (unpaired) electrons. The van der Waals surface area contributed by atoms with Gasteiger partial charge in [0.1, 0.15) is 0 Å². The number of piperazine rings is 1. The molecule has 3 heteroatoms. The van der Waals surface area contributed by atoms with Crippen LogP contribution in [0.4, 0.5) is 0 Å². The van der Waals surface area contributed by atoms with Crippen molar-refractivity contribution in [1.29, 1.82) is 0 Å². The monoisotopic (exact) mass is 266 g/mol. The van der Waals surface area contributed by atoms with Gasteiger partial charge in [0, 0.05) is 31.7 Å². The van der Waals surface area contributed by atoms with Gasteiger partial charge in [-0.3, -0.25) is 4.90 Å². The molecule has 1 aromatic rings. The molecule has 2 rings (SSSR count). The number of rotatable bonds is 5. The SMILES string of the molecule is CCC1CNC(CC(C)C)CN1Cc1ccsc1. The third-order valence-electron chi connectivity index (χ3n) is 3.81. The van der Waals surface area contributed by atoms with E-state index in [4.69, 9.17) is 0 Å². The van der Waals surface area contributed by atoms with Gasteiger partial charge < -0.3 is 5.32 Å². The first-order chi connectivity index (χ1) is 8.69. The summed E-state index contributed by atoms with van der Waals surface area (Å²) in [4.78, 5) is 2.67. The average Bonchev–Trinajstić information content (AvgIpc) is 2.81. The van der Waals surface area contributed by atoms with Crippen molar-refractivity contribution >= 4 is 11.3 Å². The molecule has 0 amide bonds. The quantitative estimate of drug-likeness (QED) is 0.879. The molecular weight excluding hydrogens is 240 g/mol. The molecule has 1 fully saturated rings. The van der Waals surface area contributed by atoms with Crippen molar-refractivity contribution in [1.82, 2.24) is 10.2 Å². The molecule has 0 saturated carbocycles. The number of hydrogen-bond donors (Lipinski definition) is 1. The van der Waals surface area contributed by atoms with Gasteiger partial charge in [0.2, 0.25) is 0 Å². The molecule has 1 aromatic heterocycles. The Morgan fingerprint density at radius 2 is 2.33 bits per heavy atom. The first-order valence-corrected chi connectivity index (χ1v) is 8.11. The Kier molecular flexibility index (Phi) is 5.22. The number of thiophene rings is 1. The first-order valence-electron chi connectivity index (χ1n) is 7.17. The van der Waals surface area contributed by atoms with Gasteiger partial charge in [-0.2, -0.15) is 11.3 Å².